The highest BCUT2D eigenvalue weighted by Gasteiger charge is 2.21. The van der Waals surface area contributed by atoms with Gasteiger partial charge in [-0.1, -0.05) is 0 Å². The predicted octanol–water partition coefficient (Wildman–Crippen LogP) is 1.37. The normalized spacial score (nSPS) is 10.9. The second-order valence-electron chi connectivity index (χ2n) is 3.72. The Kier molecular flexibility index (Phi) is 5.15. The zero-order valence-electron chi connectivity index (χ0n) is 9.07. The van der Waals surface area contributed by atoms with Crippen molar-refractivity contribution in [2.24, 2.45) is 0 Å². The summed E-state index contributed by atoms with van der Waals surface area (Å²) in [7, 11) is 1.36. The average Bonchev–Trinajstić information content (AvgIpc) is 2.02. The highest BCUT2D eigenvalue weighted by atomic mass is 16.7. The average molecular weight is 203 g/mol. The number of nitrogens with zero attached hydrogens (tertiary/aromatic N) is 1. The molecule has 0 unspecified atom stereocenters. The predicted molar refractivity (Wildman–Crippen MR) is 50.6 cm³/mol. The Morgan fingerprint density at radius 3 is 2.36 bits per heavy atom. The minimum absolute atomic E-state index is 0.203. The van der Waals surface area contributed by atoms with E-state index in [4.69, 9.17) is 9.57 Å². The van der Waals surface area contributed by atoms with Gasteiger partial charge in [0.15, 0.2) is 0 Å². The Morgan fingerprint density at radius 1 is 1.43 bits per heavy atom. The van der Waals surface area contributed by atoms with Gasteiger partial charge in [-0.15, -0.1) is 0 Å². The van der Waals surface area contributed by atoms with Gasteiger partial charge in [0.1, 0.15) is 11.9 Å². The molecule has 0 aliphatic rings. The number of rotatable bonds is 4. The molecule has 0 bridgehead atoms. The lowest BCUT2D eigenvalue weighted by atomic mass is 10.2. The third-order valence-corrected chi connectivity index (χ3v) is 1.27. The van der Waals surface area contributed by atoms with E-state index in [2.05, 4.69) is 0 Å². The van der Waals surface area contributed by atoms with Crippen molar-refractivity contribution in [2.75, 3.05) is 13.7 Å². The van der Waals surface area contributed by atoms with Crippen LogP contribution in [0.15, 0.2) is 0 Å². The van der Waals surface area contributed by atoms with Crippen LogP contribution in [0.4, 0.5) is 4.79 Å². The minimum Gasteiger partial charge on any atom is -0.442 e. The summed E-state index contributed by atoms with van der Waals surface area (Å²) in [5.41, 5.74) is -0.560. The lowest BCUT2D eigenvalue weighted by Crippen LogP contribution is -2.36. The van der Waals surface area contributed by atoms with Gasteiger partial charge < -0.3 is 9.53 Å². The molecule has 0 saturated heterocycles. The molecule has 0 radical (unpaired) electrons. The number of aldehydes is 1. The Balaban J connectivity index is 4.10. The molecule has 0 aromatic carbocycles. The quantitative estimate of drug-likeness (QED) is 0.511. The van der Waals surface area contributed by atoms with Gasteiger partial charge in [-0.3, -0.25) is 4.84 Å². The van der Waals surface area contributed by atoms with E-state index in [-0.39, 0.29) is 13.0 Å². The molecule has 0 heterocycles. The van der Waals surface area contributed by atoms with Gasteiger partial charge in [-0.2, -0.15) is 5.06 Å². The van der Waals surface area contributed by atoms with Crippen molar-refractivity contribution in [2.45, 2.75) is 32.8 Å². The van der Waals surface area contributed by atoms with E-state index in [0.29, 0.717) is 0 Å². The fourth-order valence-electron chi connectivity index (χ4n) is 0.740. The zero-order valence-corrected chi connectivity index (χ0v) is 9.07. The van der Waals surface area contributed by atoms with E-state index >= 15 is 0 Å². The van der Waals surface area contributed by atoms with Crippen LogP contribution in [0.2, 0.25) is 0 Å². The Morgan fingerprint density at radius 2 is 2.00 bits per heavy atom. The Hall–Kier alpha value is -1.10. The van der Waals surface area contributed by atoms with E-state index in [1.165, 1.54) is 7.11 Å². The van der Waals surface area contributed by atoms with Crippen LogP contribution in [0.1, 0.15) is 27.2 Å². The molecule has 0 saturated carbocycles. The van der Waals surface area contributed by atoms with Crippen molar-refractivity contribution >= 4 is 12.4 Å². The summed E-state index contributed by atoms with van der Waals surface area (Å²) in [5.74, 6) is 0. The SMILES string of the molecule is CON(CCC=O)C(=O)OC(C)(C)C. The molecule has 0 N–H and O–H groups in total. The molecule has 0 spiro atoms. The van der Waals surface area contributed by atoms with Crippen molar-refractivity contribution in [3.8, 4) is 0 Å². The van der Waals surface area contributed by atoms with Crippen LogP contribution in [0.3, 0.4) is 0 Å². The molecule has 0 atom stereocenters. The first-order valence-electron chi connectivity index (χ1n) is 4.39. The number of hydroxylamine groups is 2. The number of hydrogen-bond acceptors (Lipinski definition) is 4. The molecule has 14 heavy (non-hydrogen) atoms. The van der Waals surface area contributed by atoms with Crippen LogP contribution >= 0.6 is 0 Å². The largest absolute Gasteiger partial charge is 0.442 e. The van der Waals surface area contributed by atoms with Crippen LogP contribution < -0.4 is 0 Å². The summed E-state index contributed by atoms with van der Waals surface area (Å²) in [5, 5.41) is 1.01. The molecule has 0 aromatic rings. The van der Waals surface area contributed by atoms with Gasteiger partial charge in [0, 0.05) is 6.42 Å². The third kappa shape index (κ3) is 5.53. The number of carbonyl (C=O) groups is 2. The van der Waals surface area contributed by atoms with E-state index in [1.54, 1.807) is 20.8 Å². The van der Waals surface area contributed by atoms with E-state index in [9.17, 15) is 9.59 Å². The van der Waals surface area contributed by atoms with Gasteiger partial charge in [0.2, 0.25) is 0 Å². The van der Waals surface area contributed by atoms with Crippen LogP contribution in [0.25, 0.3) is 0 Å². The number of amides is 1. The third-order valence-electron chi connectivity index (χ3n) is 1.27. The maximum atomic E-state index is 11.4. The molecule has 0 rings (SSSR count). The summed E-state index contributed by atoms with van der Waals surface area (Å²) < 4.78 is 5.03. The summed E-state index contributed by atoms with van der Waals surface area (Å²) in [4.78, 5) is 26.2. The van der Waals surface area contributed by atoms with Crippen LogP contribution in [-0.4, -0.2) is 36.7 Å². The Bertz CT molecular complexity index is 197. The molecule has 1 amide bonds. The molecular formula is C9H17NO4. The standard InChI is InChI=1S/C9H17NO4/c1-9(2,3)14-8(12)10(13-4)6-5-7-11/h7H,5-6H2,1-4H3. The van der Waals surface area contributed by atoms with E-state index in [0.717, 1.165) is 11.3 Å². The Labute approximate surface area is 83.9 Å². The highest BCUT2D eigenvalue weighted by molar-refractivity contribution is 5.67. The molecule has 0 aromatic heterocycles. The first-order chi connectivity index (χ1) is 6.40. The van der Waals surface area contributed by atoms with Gasteiger partial charge >= 0.3 is 6.09 Å². The molecule has 5 heteroatoms. The number of hydrogen-bond donors (Lipinski definition) is 0. The number of carbonyl (C=O) groups excluding carboxylic acids is 2. The van der Waals surface area contributed by atoms with Gasteiger partial charge in [-0.25, -0.2) is 4.79 Å². The molecule has 0 aliphatic heterocycles. The molecule has 5 nitrogen and oxygen atoms in total. The topological polar surface area (TPSA) is 55.8 Å². The number of ether oxygens (including phenoxy) is 1. The molecule has 82 valence electrons. The lowest BCUT2D eigenvalue weighted by Gasteiger charge is -2.24. The molecular weight excluding hydrogens is 186 g/mol. The summed E-state index contributed by atoms with van der Waals surface area (Å²) in [6, 6.07) is 0. The smallest absolute Gasteiger partial charge is 0.434 e. The van der Waals surface area contributed by atoms with Gasteiger partial charge in [0.25, 0.3) is 0 Å². The van der Waals surface area contributed by atoms with Gasteiger partial charge in [-0.05, 0) is 20.8 Å². The second-order valence-corrected chi connectivity index (χ2v) is 3.72. The van der Waals surface area contributed by atoms with Crippen molar-refractivity contribution in [1.82, 2.24) is 5.06 Å². The van der Waals surface area contributed by atoms with E-state index < -0.39 is 11.7 Å². The van der Waals surface area contributed by atoms with Crippen molar-refractivity contribution in [1.29, 1.82) is 0 Å². The van der Waals surface area contributed by atoms with Crippen LogP contribution in [-0.2, 0) is 14.4 Å². The monoisotopic (exact) mass is 203 g/mol. The van der Waals surface area contributed by atoms with E-state index in [1.807, 2.05) is 0 Å². The second kappa shape index (κ2) is 5.59. The lowest BCUT2D eigenvalue weighted by molar-refractivity contribution is -0.128. The van der Waals surface area contributed by atoms with Crippen molar-refractivity contribution in [3.05, 3.63) is 0 Å². The minimum atomic E-state index is -0.582. The molecule has 0 aliphatic carbocycles. The van der Waals surface area contributed by atoms with Crippen LogP contribution in [0.5, 0.6) is 0 Å². The fraction of sp³-hybridized carbons (Fsp3) is 0.778. The maximum Gasteiger partial charge on any atom is 0.434 e. The summed E-state index contributed by atoms with van der Waals surface area (Å²) in [6.45, 7) is 5.49. The first kappa shape index (κ1) is 12.9. The fourth-order valence-corrected chi connectivity index (χ4v) is 0.740. The maximum absolute atomic E-state index is 11.4. The highest BCUT2D eigenvalue weighted by Crippen LogP contribution is 2.09. The van der Waals surface area contributed by atoms with Gasteiger partial charge in [0.05, 0.1) is 13.7 Å². The first-order valence-corrected chi connectivity index (χ1v) is 4.39. The summed E-state index contributed by atoms with van der Waals surface area (Å²) >= 11 is 0. The van der Waals surface area contributed by atoms with Crippen molar-refractivity contribution in [3.63, 3.8) is 0 Å². The zero-order chi connectivity index (χ0) is 11.2. The van der Waals surface area contributed by atoms with Crippen LogP contribution in [0, 0.1) is 0 Å². The summed E-state index contributed by atoms with van der Waals surface area (Å²) in [6.07, 6.45) is 0.366. The van der Waals surface area contributed by atoms with Crippen molar-refractivity contribution < 1.29 is 19.2 Å². The molecule has 0 fully saturated rings.